The highest BCUT2D eigenvalue weighted by molar-refractivity contribution is 7.09. The van der Waals surface area contributed by atoms with Gasteiger partial charge in [-0.1, -0.05) is 6.92 Å². The Kier molecular flexibility index (Phi) is 6.28. The molecule has 3 nitrogen and oxygen atoms in total. The van der Waals surface area contributed by atoms with E-state index in [1.54, 1.807) is 11.3 Å². The minimum absolute atomic E-state index is 0.532. The van der Waals surface area contributed by atoms with E-state index in [1.165, 1.54) is 37.1 Å². The molecule has 2 rings (SSSR count). The lowest BCUT2D eigenvalue weighted by Gasteiger charge is -2.17. The van der Waals surface area contributed by atoms with E-state index in [1.807, 2.05) is 0 Å². The van der Waals surface area contributed by atoms with Gasteiger partial charge in [0.05, 0.1) is 11.1 Å². The fourth-order valence-corrected chi connectivity index (χ4v) is 3.59. The average Bonchev–Trinajstić information content (AvgIpc) is 3.01. The van der Waals surface area contributed by atoms with E-state index in [0.717, 1.165) is 25.3 Å². The minimum atomic E-state index is 0.532. The summed E-state index contributed by atoms with van der Waals surface area (Å²) < 4.78 is 5.69. The summed E-state index contributed by atoms with van der Waals surface area (Å²) in [4.78, 5) is 4.57. The number of rotatable bonds is 8. The molecule has 2 heterocycles. The maximum Gasteiger partial charge on any atom is 0.0943 e. The molecular weight excluding hydrogens is 256 g/mol. The Balaban J connectivity index is 1.72. The lowest BCUT2D eigenvalue weighted by molar-refractivity contribution is 0.101. The van der Waals surface area contributed by atoms with Crippen LogP contribution in [0, 0.1) is 6.92 Å². The summed E-state index contributed by atoms with van der Waals surface area (Å²) in [7, 11) is 0. The third-order valence-electron chi connectivity index (χ3n) is 3.68. The summed E-state index contributed by atoms with van der Waals surface area (Å²) in [6.07, 6.45) is 7.82. The van der Waals surface area contributed by atoms with Crippen molar-refractivity contribution >= 4 is 11.3 Å². The molecule has 19 heavy (non-hydrogen) atoms. The summed E-state index contributed by atoms with van der Waals surface area (Å²) in [5.74, 6) is 0. The van der Waals surface area contributed by atoms with Gasteiger partial charge in [0, 0.05) is 30.1 Å². The Hall–Kier alpha value is -0.450. The SMILES string of the molecule is CCNC(CCCC1CCCO1)Cc1nc(C)cs1. The maximum atomic E-state index is 5.69. The first kappa shape index (κ1) is 14.9. The van der Waals surface area contributed by atoms with E-state index < -0.39 is 0 Å². The van der Waals surface area contributed by atoms with Gasteiger partial charge in [-0.3, -0.25) is 0 Å². The summed E-state index contributed by atoms with van der Waals surface area (Å²) in [5, 5.41) is 7.00. The Bertz CT molecular complexity index is 361. The zero-order valence-corrected chi connectivity index (χ0v) is 13.0. The molecule has 1 saturated heterocycles. The molecule has 108 valence electrons. The highest BCUT2D eigenvalue weighted by Gasteiger charge is 2.16. The summed E-state index contributed by atoms with van der Waals surface area (Å²) in [6.45, 7) is 6.26. The van der Waals surface area contributed by atoms with Gasteiger partial charge in [-0.15, -0.1) is 11.3 Å². The van der Waals surface area contributed by atoms with Gasteiger partial charge in [-0.25, -0.2) is 4.98 Å². The van der Waals surface area contributed by atoms with Gasteiger partial charge >= 0.3 is 0 Å². The molecule has 0 saturated carbocycles. The summed E-state index contributed by atoms with van der Waals surface area (Å²) in [6, 6.07) is 0.567. The Morgan fingerprint density at radius 3 is 3.11 bits per heavy atom. The largest absolute Gasteiger partial charge is 0.378 e. The molecule has 1 aromatic heterocycles. The second kappa shape index (κ2) is 7.98. The normalized spacial score (nSPS) is 20.8. The quantitative estimate of drug-likeness (QED) is 0.794. The minimum Gasteiger partial charge on any atom is -0.378 e. The molecule has 1 aliphatic heterocycles. The van der Waals surface area contributed by atoms with Gasteiger partial charge in [0.2, 0.25) is 0 Å². The van der Waals surface area contributed by atoms with Crippen LogP contribution >= 0.6 is 11.3 Å². The number of thiazole rings is 1. The van der Waals surface area contributed by atoms with Crippen molar-refractivity contribution in [1.29, 1.82) is 0 Å². The molecule has 0 spiro atoms. The Labute approximate surface area is 120 Å². The van der Waals surface area contributed by atoms with Crippen LogP contribution < -0.4 is 5.32 Å². The van der Waals surface area contributed by atoms with Gasteiger partial charge < -0.3 is 10.1 Å². The molecule has 1 aromatic rings. The van der Waals surface area contributed by atoms with Crippen molar-refractivity contribution < 1.29 is 4.74 Å². The second-order valence-electron chi connectivity index (χ2n) is 5.41. The van der Waals surface area contributed by atoms with Crippen LogP contribution in [0.25, 0.3) is 0 Å². The Morgan fingerprint density at radius 1 is 1.58 bits per heavy atom. The van der Waals surface area contributed by atoms with Gasteiger partial charge in [0.25, 0.3) is 0 Å². The van der Waals surface area contributed by atoms with Crippen molar-refractivity contribution in [2.75, 3.05) is 13.2 Å². The molecule has 1 N–H and O–H groups in total. The lowest BCUT2D eigenvalue weighted by Crippen LogP contribution is -2.31. The van der Waals surface area contributed by atoms with Crippen LogP contribution in [0.5, 0.6) is 0 Å². The number of aryl methyl sites for hydroxylation is 1. The van der Waals surface area contributed by atoms with E-state index in [9.17, 15) is 0 Å². The standard InChI is InChI=1S/C15H26N2OS/c1-3-16-13(10-15-17-12(2)11-19-15)6-4-7-14-8-5-9-18-14/h11,13-14,16H,3-10H2,1-2H3. The van der Waals surface area contributed by atoms with Crippen LogP contribution in [-0.2, 0) is 11.2 Å². The van der Waals surface area contributed by atoms with Crippen LogP contribution in [0.1, 0.15) is 49.7 Å². The third kappa shape index (κ3) is 5.21. The van der Waals surface area contributed by atoms with Gasteiger partial charge in [0.1, 0.15) is 0 Å². The van der Waals surface area contributed by atoms with Crippen LogP contribution in [0.3, 0.4) is 0 Å². The molecule has 0 aliphatic carbocycles. The number of hydrogen-bond acceptors (Lipinski definition) is 4. The first-order valence-electron chi connectivity index (χ1n) is 7.54. The van der Waals surface area contributed by atoms with Crippen LogP contribution in [-0.4, -0.2) is 30.3 Å². The maximum absolute atomic E-state index is 5.69. The second-order valence-corrected chi connectivity index (χ2v) is 6.35. The zero-order valence-electron chi connectivity index (χ0n) is 12.2. The van der Waals surface area contributed by atoms with E-state index in [2.05, 4.69) is 29.5 Å². The highest BCUT2D eigenvalue weighted by atomic mass is 32.1. The van der Waals surface area contributed by atoms with Crippen LogP contribution in [0.2, 0.25) is 0 Å². The Morgan fingerprint density at radius 2 is 2.47 bits per heavy atom. The molecule has 0 bridgehead atoms. The summed E-state index contributed by atoms with van der Waals surface area (Å²) >= 11 is 1.79. The van der Waals surface area contributed by atoms with Crippen molar-refractivity contribution in [3.63, 3.8) is 0 Å². The number of nitrogens with zero attached hydrogens (tertiary/aromatic N) is 1. The number of nitrogens with one attached hydrogen (secondary N) is 1. The van der Waals surface area contributed by atoms with Crippen molar-refractivity contribution in [1.82, 2.24) is 10.3 Å². The van der Waals surface area contributed by atoms with Crippen molar-refractivity contribution in [3.8, 4) is 0 Å². The molecule has 2 unspecified atom stereocenters. The molecular formula is C15H26N2OS. The molecule has 4 heteroatoms. The predicted octanol–water partition coefficient (Wildman–Crippen LogP) is 3.32. The fraction of sp³-hybridized carbons (Fsp3) is 0.800. The van der Waals surface area contributed by atoms with Crippen LogP contribution in [0.4, 0.5) is 0 Å². The van der Waals surface area contributed by atoms with Crippen molar-refractivity contribution in [2.24, 2.45) is 0 Å². The first-order chi connectivity index (χ1) is 9.28. The molecule has 0 radical (unpaired) electrons. The lowest BCUT2D eigenvalue weighted by atomic mass is 10.0. The number of likely N-dealkylation sites (N-methyl/N-ethyl adjacent to an activating group) is 1. The fourth-order valence-electron chi connectivity index (χ4n) is 2.74. The topological polar surface area (TPSA) is 34.1 Å². The average molecular weight is 282 g/mol. The van der Waals surface area contributed by atoms with E-state index in [-0.39, 0.29) is 0 Å². The van der Waals surface area contributed by atoms with E-state index in [4.69, 9.17) is 4.74 Å². The zero-order chi connectivity index (χ0) is 13.5. The van der Waals surface area contributed by atoms with Gasteiger partial charge in [-0.05, 0) is 45.6 Å². The van der Waals surface area contributed by atoms with E-state index in [0.29, 0.717) is 12.1 Å². The van der Waals surface area contributed by atoms with Gasteiger partial charge in [-0.2, -0.15) is 0 Å². The molecule has 2 atom stereocenters. The smallest absolute Gasteiger partial charge is 0.0943 e. The number of hydrogen-bond donors (Lipinski definition) is 1. The molecule has 0 amide bonds. The van der Waals surface area contributed by atoms with Crippen LogP contribution in [0.15, 0.2) is 5.38 Å². The summed E-state index contributed by atoms with van der Waals surface area (Å²) in [5.41, 5.74) is 1.15. The third-order valence-corrected chi connectivity index (χ3v) is 4.67. The molecule has 0 aromatic carbocycles. The number of aromatic nitrogens is 1. The number of ether oxygens (including phenoxy) is 1. The van der Waals surface area contributed by atoms with Crippen molar-refractivity contribution in [2.45, 2.75) is 64.5 Å². The predicted molar refractivity (Wildman–Crippen MR) is 80.8 cm³/mol. The van der Waals surface area contributed by atoms with E-state index >= 15 is 0 Å². The van der Waals surface area contributed by atoms with Gasteiger partial charge in [0.15, 0.2) is 0 Å². The first-order valence-corrected chi connectivity index (χ1v) is 8.42. The van der Waals surface area contributed by atoms with Crippen molar-refractivity contribution in [3.05, 3.63) is 16.1 Å². The molecule has 1 fully saturated rings. The molecule has 1 aliphatic rings. The highest BCUT2D eigenvalue weighted by Crippen LogP contribution is 2.19. The monoisotopic (exact) mass is 282 g/mol.